The summed E-state index contributed by atoms with van der Waals surface area (Å²) in [4.78, 5) is 32.3. The highest BCUT2D eigenvalue weighted by molar-refractivity contribution is 6.35. The molecule has 7 nitrogen and oxygen atoms in total. The molecule has 2 aliphatic heterocycles. The highest BCUT2D eigenvalue weighted by Gasteiger charge is 2.41. The van der Waals surface area contributed by atoms with Gasteiger partial charge in [0.05, 0.1) is 25.8 Å². The molecule has 2 aromatic rings. The van der Waals surface area contributed by atoms with Crippen molar-refractivity contribution >= 4 is 23.1 Å². The summed E-state index contributed by atoms with van der Waals surface area (Å²) in [7, 11) is 3.17. The Balaban J connectivity index is 1.62. The number of benzene rings is 2. The first-order valence-corrected chi connectivity index (χ1v) is 10.8. The van der Waals surface area contributed by atoms with Crippen molar-refractivity contribution < 1.29 is 19.1 Å². The third-order valence-corrected chi connectivity index (χ3v) is 6.00. The van der Waals surface area contributed by atoms with Gasteiger partial charge in [-0.1, -0.05) is 24.3 Å². The summed E-state index contributed by atoms with van der Waals surface area (Å²) in [5.41, 5.74) is 4.07. The molecule has 1 fully saturated rings. The van der Waals surface area contributed by atoms with E-state index in [1.165, 1.54) is 16.2 Å². The van der Waals surface area contributed by atoms with E-state index in [0.717, 1.165) is 18.7 Å². The molecular formula is C25H29N3O4. The molecule has 2 heterocycles. The van der Waals surface area contributed by atoms with E-state index in [1.807, 2.05) is 24.3 Å². The molecule has 0 atom stereocenters. The Bertz CT molecular complexity index is 1020. The van der Waals surface area contributed by atoms with Crippen LogP contribution in [0.25, 0.3) is 5.57 Å². The Labute approximate surface area is 188 Å². The lowest BCUT2D eigenvalue weighted by Crippen LogP contribution is -2.47. The van der Waals surface area contributed by atoms with Gasteiger partial charge in [-0.25, -0.2) is 0 Å². The summed E-state index contributed by atoms with van der Waals surface area (Å²) in [5, 5.41) is 0. The summed E-state index contributed by atoms with van der Waals surface area (Å²) >= 11 is 0. The van der Waals surface area contributed by atoms with Crippen LogP contribution in [-0.4, -0.2) is 75.2 Å². The largest absolute Gasteiger partial charge is 0.497 e. The van der Waals surface area contributed by atoms with Gasteiger partial charge in [0, 0.05) is 39.0 Å². The summed E-state index contributed by atoms with van der Waals surface area (Å²) < 4.78 is 10.4. The van der Waals surface area contributed by atoms with Crippen molar-refractivity contribution in [2.45, 2.75) is 6.92 Å². The summed E-state index contributed by atoms with van der Waals surface area (Å²) in [6.45, 7) is 5.52. The number of nitrogens with zero attached hydrogens (tertiary/aromatic N) is 3. The van der Waals surface area contributed by atoms with Gasteiger partial charge in [-0.15, -0.1) is 0 Å². The predicted octanol–water partition coefficient (Wildman–Crippen LogP) is 2.55. The van der Waals surface area contributed by atoms with Gasteiger partial charge in [0.25, 0.3) is 11.8 Å². The van der Waals surface area contributed by atoms with Crippen LogP contribution in [0.3, 0.4) is 0 Å². The molecule has 0 aliphatic carbocycles. The Kier molecular flexibility index (Phi) is 6.46. The number of hydrogen-bond donors (Lipinski definition) is 0. The van der Waals surface area contributed by atoms with E-state index in [2.05, 4.69) is 41.0 Å². The van der Waals surface area contributed by atoms with Gasteiger partial charge in [-0.3, -0.25) is 14.5 Å². The number of amides is 2. The molecule has 2 aromatic carbocycles. The Morgan fingerprint density at radius 1 is 0.875 bits per heavy atom. The van der Waals surface area contributed by atoms with Crippen molar-refractivity contribution in [3.63, 3.8) is 0 Å². The fourth-order valence-electron chi connectivity index (χ4n) is 4.27. The van der Waals surface area contributed by atoms with E-state index < -0.39 is 0 Å². The van der Waals surface area contributed by atoms with Crippen LogP contribution in [0.15, 0.2) is 54.2 Å². The van der Waals surface area contributed by atoms with Gasteiger partial charge in [0.15, 0.2) is 0 Å². The third kappa shape index (κ3) is 4.21. The van der Waals surface area contributed by atoms with Crippen LogP contribution in [0.2, 0.25) is 0 Å². The van der Waals surface area contributed by atoms with Crippen LogP contribution in [0.4, 0.5) is 5.69 Å². The van der Waals surface area contributed by atoms with Gasteiger partial charge in [0.1, 0.15) is 11.4 Å². The number of carbonyl (C=O) groups is 2. The molecule has 2 aliphatic rings. The van der Waals surface area contributed by atoms with Crippen molar-refractivity contribution in [1.29, 1.82) is 0 Å². The van der Waals surface area contributed by atoms with Crippen LogP contribution in [0, 0.1) is 6.92 Å². The minimum absolute atomic E-state index is 0.237. The number of anilines is 1. The highest BCUT2D eigenvalue weighted by Crippen LogP contribution is 2.33. The molecule has 32 heavy (non-hydrogen) atoms. The SMILES string of the molecule is COCCN1C(=O)C(c2ccc(OC)cc2)=C(N2CCN(c3cccc(C)c3)CC2)C1=O. The van der Waals surface area contributed by atoms with E-state index >= 15 is 0 Å². The van der Waals surface area contributed by atoms with E-state index in [0.29, 0.717) is 36.7 Å². The first-order chi connectivity index (χ1) is 15.5. The molecule has 0 bridgehead atoms. The van der Waals surface area contributed by atoms with Gasteiger partial charge in [-0.2, -0.15) is 0 Å². The van der Waals surface area contributed by atoms with Gasteiger partial charge < -0.3 is 19.3 Å². The zero-order chi connectivity index (χ0) is 22.7. The number of hydrogen-bond acceptors (Lipinski definition) is 6. The molecular weight excluding hydrogens is 406 g/mol. The summed E-state index contributed by atoms with van der Waals surface area (Å²) in [6.07, 6.45) is 0. The fourth-order valence-corrected chi connectivity index (χ4v) is 4.27. The van der Waals surface area contributed by atoms with E-state index in [1.54, 1.807) is 14.2 Å². The number of methoxy groups -OCH3 is 2. The number of aryl methyl sites for hydroxylation is 1. The maximum Gasteiger partial charge on any atom is 0.277 e. The molecule has 2 amide bonds. The Morgan fingerprint density at radius 2 is 1.56 bits per heavy atom. The molecule has 0 saturated carbocycles. The van der Waals surface area contributed by atoms with Crippen molar-refractivity contribution in [1.82, 2.24) is 9.80 Å². The van der Waals surface area contributed by atoms with Gasteiger partial charge in [-0.05, 0) is 42.3 Å². The molecule has 0 spiro atoms. The second-order valence-corrected chi connectivity index (χ2v) is 8.02. The van der Waals surface area contributed by atoms with Gasteiger partial charge in [0.2, 0.25) is 0 Å². The monoisotopic (exact) mass is 435 g/mol. The zero-order valence-corrected chi connectivity index (χ0v) is 18.8. The topological polar surface area (TPSA) is 62.3 Å². The van der Waals surface area contributed by atoms with Crippen LogP contribution in [0.5, 0.6) is 5.75 Å². The van der Waals surface area contributed by atoms with Crippen molar-refractivity contribution in [3.05, 3.63) is 65.4 Å². The lowest BCUT2D eigenvalue weighted by Gasteiger charge is -2.37. The van der Waals surface area contributed by atoms with Gasteiger partial charge >= 0.3 is 0 Å². The molecule has 0 unspecified atom stereocenters. The smallest absolute Gasteiger partial charge is 0.277 e. The quantitative estimate of drug-likeness (QED) is 0.623. The molecule has 7 heteroatoms. The standard InChI is InChI=1S/C25H29N3O4/c1-18-5-4-6-20(17-18)26-11-13-27(14-12-26)23-22(19-7-9-21(32-3)10-8-19)24(29)28(25(23)30)15-16-31-2/h4-10,17H,11-16H2,1-3H3. The molecule has 4 rings (SSSR count). The fraction of sp³-hybridized carbons (Fsp3) is 0.360. The number of ether oxygens (including phenoxy) is 2. The van der Waals surface area contributed by atoms with Crippen LogP contribution < -0.4 is 9.64 Å². The summed E-state index contributed by atoms with van der Waals surface area (Å²) in [5.74, 6) is 0.186. The van der Waals surface area contributed by atoms with Crippen LogP contribution >= 0.6 is 0 Å². The lowest BCUT2D eigenvalue weighted by atomic mass is 10.0. The second kappa shape index (κ2) is 9.44. The van der Waals surface area contributed by atoms with E-state index in [-0.39, 0.29) is 18.4 Å². The van der Waals surface area contributed by atoms with Crippen LogP contribution in [-0.2, 0) is 14.3 Å². The normalized spacial score (nSPS) is 16.9. The number of rotatable bonds is 7. The minimum Gasteiger partial charge on any atom is -0.497 e. The van der Waals surface area contributed by atoms with Crippen LogP contribution in [0.1, 0.15) is 11.1 Å². The number of piperazine rings is 1. The molecule has 1 saturated heterocycles. The molecule has 0 aromatic heterocycles. The maximum atomic E-state index is 13.3. The van der Waals surface area contributed by atoms with Crippen molar-refractivity contribution in [2.24, 2.45) is 0 Å². The predicted molar refractivity (Wildman–Crippen MR) is 123 cm³/mol. The Hall–Kier alpha value is -3.32. The Morgan fingerprint density at radius 3 is 2.19 bits per heavy atom. The lowest BCUT2D eigenvalue weighted by molar-refractivity contribution is -0.138. The molecule has 0 radical (unpaired) electrons. The van der Waals surface area contributed by atoms with Crippen molar-refractivity contribution in [2.75, 3.05) is 58.5 Å². The van der Waals surface area contributed by atoms with E-state index in [4.69, 9.17) is 9.47 Å². The maximum absolute atomic E-state index is 13.3. The zero-order valence-electron chi connectivity index (χ0n) is 18.8. The number of imide groups is 1. The average Bonchev–Trinajstić information content (AvgIpc) is 3.07. The number of carbonyl (C=O) groups excluding carboxylic acids is 2. The van der Waals surface area contributed by atoms with E-state index in [9.17, 15) is 9.59 Å². The molecule has 0 N–H and O–H groups in total. The average molecular weight is 436 g/mol. The first kappa shape index (κ1) is 21.9. The second-order valence-electron chi connectivity index (χ2n) is 8.02. The first-order valence-electron chi connectivity index (χ1n) is 10.8. The third-order valence-electron chi connectivity index (χ3n) is 6.00. The van der Waals surface area contributed by atoms with Crippen molar-refractivity contribution in [3.8, 4) is 5.75 Å². The minimum atomic E-state index is -0.270. The highest BCUT2D eigenvalue weighted by atomic mass is 16.5. The molecule has 168 valence electrons. The summed E-state index contributed by atoms with van der Waals surface area (Å²) in [6, 6.07) is 15.7.